The highest BCUT2D eigenvalue weighted by Gasteiger charge is 2.31. The van der Waals surface area contributed by atoms with Crippen LogP contribution in [-0.4, -0.2) is 29.0 Å². The normalized spacial score (nSPS) is 37.9. The van der Waals surface area contributed by atoms with E-state index in [0.717, 1.165) is 13.0 Å². The minimum atomic E-state index is -0.00926. The van der Waals surface area contributed by atoms with E-state index in [9.17, 15) is 4.79 Å². The third-order valence-corrected chi connectivity index (χ3v) is 4.93. The van der Waals surface area contributed by atoms with Gasteiger partial charge in [-0.1, -0.05) is 12.2 Å². The van der Waals surface area contributed by atoms with Crippen LogP contribution in [0, 0.1) is 5.92 Å². The molecule has 2 rings (SSSR count). The second kappa shape index (κ2) is 4.80. The highest BCUT2D eigenvalue weighted by molar-refractivity contribution is 8.00. The van der Waals surface area contributed by atoms with Gasteiger partial charge in [-0.25, -0.2) is 0 Å². The lowest BCUT2D eigenvalue weighted by molar-refractivity contribution is -0.123. The third-order valence-electron chi connectivity index (χ3n) is 3.39. The second-order valence-corrected chi connectivity index (χ2v) is 6.69. The van der Waals surface area contributed by atoms with Gasteiger partial charge in [-0.3, -0.25) is 4.79 Å². The van der Waals surface area contributed by atoms with Crippen molar-refractivity contribution in [3.8, 4) is 0 Å². The first-order valence-corrected chi connectivity index (χ1v) is 6.93. The Morgan fingerprint density at radius 2 is 2.44 bits per heavy atom. The van der Waals surface area contributed by atoms with Crippen molar-refractivity contribution in [2.75, 3.05) is 12.3 Å². The average Bonchev–Trinajstić information content (AvgIpc) is 2.85. The Morgan fingerprint density at radius 1 is 1.62 bits per heavy atom. The molecule has 0 radical (unpaired) electrons. The van der Waals surface area contributed by atoms with Crippen molar-refractivity contribution < 1.29 is 4.79 Å². The summed E-state index contributed by atoms with van der Waals surface area (Å²) in [7, 11) is 0. The Bertz CT molecular complexity index is 297. The minimum Gasteiger partial charge on any atom is -0.354 e. The summed E-state index contributed by atoms with van der Waals surface area (Å²) in [6.07, 6.45) is 7.10. The Balaban J connectivity index is 1.77. The topological polar surface area (TPSA) is 55.1 Å². The maximum absolute atomic E-state index is 11.9. The van der Waals surface area contributed by atoms with Gasteiger partial charge in [0.1, 0.15) is 0 Å². The zero-order valence-corrected chi connectivity index (χ0v) is 10.6. The van der Waals surface area contributed by atoms with Crippen LogP contribution in [0.15, 0.2) is 12.2 Å². The Hall–Kier alpha value is -0.480. The van der Waals surface area contributed by atoms with Crippen LogP contribution in [-0.2, 0) is 4.79 Å². The van der Waals surface area contributed by atoms with Crippen molar-refractivity contribution in [2.24, 2.45) is 11.7 Å². The molecule has 0 bridgehead atoms. The van der Waals surface area contributed by atoms with E-state index in [1.54, 1.807) is 0 Å². The summed E-state index contributed by atoms with van der Waals surface area (Å²) in [6.45, 7) is 3.03. The van der Waals surface area contributed by atoms with E-state index in [1.807, 2.05) is 23.9 Å². The van der Waals surface area contributed by atoms with Gasteiger partial charge in [0.2, 0.25) is 5.91 Å². The third kappa shape index (κ3) is 2.80. The summed E-state index contributed by atoms with van der Waals surface area (Å²) in [6, 6.07) is 0.0622. The van der Waals surface area contributed by atoms with Crippen molar-refractivity contribution in [3.63, 3.8) is 0 Å². The molecular weight excluding hydrogens is 220 g/mol. The van der Waals surface area contributed by atoms with E-state index in [2.05, 4.69) is 12.2 Å². The molecule has 2 aliphatic rings. The molecule has 0 aromatic carbocycles. The van der Waals surface area contributed by atoms with E-state index in [0.29, 0.717) is 0 Å². The lowest BCUT2D eigenvalue weighted by Gasteiger charge is -2.23. The number of hydrogen-bond donors (Lipinski definition) is 2. The monoisotopic (exact) mass is 240 g/mol. The molecule has 16 heavy (non-hydrogen) atoms. The predicted octanol–water partition coefficient (Wildman–Crippen LogP) is 1.29. The summed E-state index contributed by atoms with van der Waals surface area (Å²) in [4.78, 5) is 11.9. The molecule has 3 atom stereocenters. The molecule has 0 saturated carbocycles. The van der Waals surface area contributed by atoms with E-state index < -0.39 is 0 Å². The van der Waals surface area contributed by atoms with Gasteiger partial charge in [0.25, 0.3) is 0 Å². The Kier molecular flexibility index (Phi) is 3.60. The maximum Gasteiger partial charge on any atom is 0.227 e. The molecule has 0 aromatic rings. The van der Waals surface area contributed by atoms with Crippen molar-refractivity contribution in [1.29, 1.82) is 0 Å². The Morgan fingerprint density at radius 3 is 3.00 bits per heavy atom. The molecule has 1 aliphatic carbocycles. The maximum atomic E-state index is 11.9. The lowest BCUT2D eigenvalue weighted by Crippen LogP contribution is -2.39. The van der Waals surface area contributed by atoms with Gasteiger partial charge in [0.05, 0.1) is 5.92 Å². The van der Waals surface area contributed by atoms with Crippen LogP contribution in [0.25, 0.3) is 0 Å². The molecule has 3 N–H and O–H groups in total. The molecule has 1 heterocycles. The summed E-state index contributed by atoms with van der Waals surface area (Å²) in [5, 5.41) is 3.06. The van der Waals surface area contributed by atoms with Crippen LogP contribution < -0.4 is 11.1 Å². The summed E-state index contributed by atoms with van der Waals surface area (Å²) in [5.41, 5.74) is 5.74. The van der Waals surface area contributed by atoms with E-state index in [4.69, 9.17) is 5.73 Å². The summed E-state index contributed by atoms with van der Waals surface area (Å²) in [5.74, 6) is 1.35. The van der Waals surface area contributed by atoms with E-state index in [1.165, 1.54) is 18.6 Å². The zero-order chi connectivity index (χ0) is 11.6. The number of nitrogens with one attached hydrogen (secondary N) is 1. The molecule has 3 nitrogen and oxygen atoms in total. The minimum absolute atomic E-state index is 0.00926. The average molecular weight is 240 g/mol. The Labute approximate surface area is 101 Å². The zero-order valence-electron chi connectivity index (χ0n) is 9.74. The number of carbonyl (C=O) groups excluding carboxylic acids is 1. The van der Waals surface area contributed by atoms with Gasteiger partial charge in [-0.05, 0) is 31.9 Å². The highest BCUT2D eigenvalue weighted by Crippen LogP contribution is 2.37. The van der Waals surface area contributed by atoms with Crippen LogP contribution in [0.1, 0.15) is 26.2 Å². The first kappa shape index (κ1) is 12.0. The molecule has 0 aromatic heterocycles. The lowest BCUT2D eigenvalue weighted by atomic mass is 10.0. The highest BCUT2D eigenvalue weighted by atomic mass is 32.2. The van der Waals surface area contributed by atoms with Crippen LogP contribution in [0.3, 0.4) is 0 Å². The van der Waals surface area contributed by atoms with E-state index in [-0.39, 0.29) is 22.6 Å². The fourth-order valence-electron chi connectivity index (χ4n) is 2.30. The number of nitrogens with two attached hydrogens (primary N) is 1. The number of amides is 1. The fraction of sp³-hybridized carbons (Fsp3) is 0.750. The molecule has 4 heteroatoms. The fourth-order valence-corrected chi connectivity index (χ4v) is 3.55. The van der Waals surface area contributed by atoms with Crippen LogP contribution in [0.4, 0.5) is 0 Å². The smallest absolute Gasteiger partial charge is 0.227 e. The number of rotatable bonds is 3. The molecule has 1 amide bonds. The molecule has 1 aliphatic heterocycles. The standard InChI is InChI=1S/C12H20N2OS/c1-12(5-2-6-16-12)8-14-11(15)9-3-4-10(13)7-9/h3-4,9-10H,2,5-8,13H2,1H3,(H,14,15). The first-order chi connectivity index (χ1) is 7.59. The van der Waals surface area contributed by atoms with Gasteiger partial charge in [0, 0.05) is 17.3 Å². The number of thioether (sulfide) groups is 1. The largest absolute Gasteiger partial charge is 0.354 e. The van der Waals surface area contributed by atoms with Gasteiger partial charge < -0.3 is 11.1 Å². The second-order valence-electron chi connectivity index (χ2n) is 5.01. The van der Waals surface area contributed by atoms with Gasteiger partial charge in [-0.2, -0.15) is 11.8 Å². The first-order valence-electron chi connectivity index (χ1n) is 5.95. The van der Waals surface area contributed by atoms with Crippen molar-refractivity contribution in [1.82, 2.24) is 5.32 Å². The van der Waals surface area contributed by atoms with Gasteiger partial charge in [-0.15, -0.1) is 0 Å². The molecular formula is C12H20N2OS. The number of hydrogen-bond acceptors (Lipinski definition) is 3. The van der Waals surface area contributed by atoms with Crippen LogP contribution in [0.2, 0.25) is 0 Å². The van der Waals surface area contributed by atoms with E-state index >= 15 is 0 Å². The molecule has 1 fully saturated rings. The molecule has 0 spiro atoms. The SMILES string of the molecule is CC1(CNC(=O)C2C=CC(N)C2)CCCS1. The quantitative estimate of drug-likeness (QED) is 0.731. The van der Waals surface area contributed by atoms with Crippen molar-refractivity contribution in [3.05, 3.63) is 12.2 Å². The molecule has 1 saturated heterocycles. The molecule has 90 valence electrons. The summed E-state index contributed by atoms with van der Waals surface area (Å²) >= 11 is 1.97. The van der Waals surface area contributed by atoms with Crippen molar-refractivity contribution in [2.45, 2.75) is 37.0 Å². The van der Waals surface area contributed by atoms with Crippen LogP contribution >= 0.6 is 11.8 Å². The summed E-state index contributed by atoms with van der Waals surface area (Å²) < 4.78 is 0.250. The van der Waals surface area contributed by atoms with Crippen molar-refractivity contribution >= 4 is 17.7 Å². The number of carbonyl (C=O) groups is 1. The van der Waals surface area contributed by atoms with Gasteiger partial charge in [0.15, 0.2) is 0 Å². The van der Waals surface area contributed by atoms with Gasteiger partial charge >= 0.3 is 0 Å². The molecule has 3 unspecified atom stereocenters. The van der Waals surface area contributed by atoms with Crippen LogP contribution in [0.5, 0.6) is 0 Å². The predicted molar refractivity (Wildman–Crippen MR) is 68.3 cm³/mol.